The zero-order valence-corrected chi connectivity index (χ0v) is 12.2. The van der Waals surface area contributed by atoms with E-state index in [4.69, 9.17) is 0 Å². The van der Waals surface area contributed by atoms with Crippen molar-refractivity contribution >= 4 is 5.91 Å². The highest BCUT2D eigenvalue weighted by molar-refractivity contribution is 5.95. The molecule has 1 saturated heterocycles. The van der Waals surface area contributed by atoms with E-state index in [2.05, 4.69) is 0 Å². The average Bonchev–Trinajstić information content (AvgIpc) is 2.96. The van der Waals surface area contributed by atoms with Gasteiger partial charge in [-0.15, -0.1) is 0 Å². The number of benzene rings is 1. The van der Waals surface area contributed by atoms with Gasteiger partial charge >= 0.3 is 0 Å². The molecular formula is C17H23NO3. The van der Waals surface area contributed by atoms with Crippen LogP contribution in [0.3, 0.4) is 0 Å². The molecule has 114 valence electrons. The normalized spacial score (nSPS) is 29.6. The summed E-state index contributed by atoms with van der Waals surface area (Å²) in [7, 11) is 0. The first kappa shape index (κ1) is 14.4. The van der Waals surface area contributed by atoms with Crippen molar-refractivity contribution in [3.8, 4) is 5.75 Å². The highest BCUT2D eigenvalue weighted by Crippen LogP contribution is 2.35. The van der Waals surface area contributed by atoms with Crippen LogP contribution < -0.4 is 0 Å². The van der Waals surface area contributed by atoms with E-state index in [0.717, 1.165) is 45.1 Å². The van der Waals surface area contributed by atoms with E-state index in [1.165, 1.54) is 6.07 Å². The Hall–Kier alpha value is -1.55. The highest BCUT2D eigenvalue weighted by Gasteiger charge is 2.39. The number of aliphatic hydroxyl groups excluding tert-OH is 1. The fourth-order valence-corrected chi connectivity index (χ4v) is 3.88. The third kappa shape index (κ3) is 2.91. The molecule has 0 bridgehead atoms. The Morgan fingerprint density at radius 1 is 1.14 bits per heavy atom. The van der Waals surface area contributed by atoms with E-state index in [0.29, 0.717) is 5.56 Å². The van der Waals surface area contributed by atoms with Crippen molar-refractivity contribution in [3.63, 3.8) is 0 Å². The Labute approximate surface area is 125 Å². The van der Waals surface area contributed by atoms with Crippen LogP contribution >= 0.6 is 0 Å². The van der Waals surface area contributed by atoms with Crippen LogP contribution in [-0.4, -0.2) is 39.7 Å². The topological polar surface area (TPSA) is 60.8 Å². The second kappa shape index (κ2) is 6.06. The van der Waals surface area contributed by atoms with Crippen LogP contribution in [-0.2, 0) is 0 Å². The van der Waals surface area contributed by atoms with Gasteiger partial charge in [0.05, 0.1) is 6.10 Å². The third-order valence-corrected chi connectivity index (χ3v) is 4.93. The van der Waals surface area contributed by atoms with E-state index >= 15 is 0 Å². The van der Waals surface area contributed by atoms with Crippen molar-refractivity contribution in [1.29, 1.82) is 0 Å². The predicted octanol–water partition coefficient (Wildman–Crippen LogP) is 2.55. The third-order valence-electron chi connectivity index (χ3n) is 4.93. The second-order valence-electron chi connectivity index (χ2n) is 6.27. The Morgan fingerprint density at radius 2 is 1.95 bits per heavy atom. The maximum atomic E-state index is 12.7. The van der Waals surface area contributed by atoms with Gasteiger partial charge in [-0.1, -0.05) is 18.9 Å². The molecule has 1 heterocycles. The Kier molecular flexibility index (Phi) is 4.15. The molecule has 1 amide bonds. The SMILES string of the molecule is O=C(c1cccc(O)c1)N1CCCC1C1CCCCC1O. The summed E-state index contributed by atoms with van der Waals surface area (Å²) < 4.78 is 0. The lowest BCUT2D eigenvalue weighted by atomic mass is 9.80. The van der Waals surface area contributed by atoms with Gasteiger partial charge in [-0.2, -0.15) is 0 Å². The summed E-state index contributed by atoms with van der Waals surface area (Å²) in [6.07, 6.45) is 5.80. The summed E-state index contributed by atoms with van der Waals surface area (Å²) >= 11 is 0. The fraction of sp³-hybridized carbons (Fsp3) is 0.588. The Morgan fingerprint density at radius 3 is 2.71 bits per heavy atom. The standard InChI is InChI=1S/C17H23NO3/c19-13-6-3-5-12(11-13)17(21)18-10-4-8-15(18)14-7-1-2-9-16(14)20/h3,5-6,11,14-16,19-20H,1-2,4,7-10H2. The van der Waals surface area contributed by atoms with Crippen LogP contribution in [0.4, 0.5) is 0 Å². The minimum absolute atomic E-state index is 0.0221. The number of hydrogen-bond donors (Lipinski definition) is 2. The summed E-state index contributed by atoms with van der Waals surface area (Å²) in [5.41, 5.74) is 0.534. The molecule has 1 aliphatic heterocycles. The number of hydrogen-bond acceptors (Lipinski definition) is 3. The number of amides is 1. The number of carbonyl (C=O) groups excluding carboxylic acids is 1. The molecule has 3 atom stereocenters. The number of phenols is 1. The molecule has 1 aliphatic carbocycles. The summed E-state index contributed by atoms with van der Waals surface area (Å²) in [4.78, 5) is 14.6. The predicted molar refractivity (Wildman–Crippen MR) is 80.1 cm³/mol. The van der Waals surface area contributed by atoms with Gasteiger partial charge in [-0.25, -0.2) is 0 Å². The first-order valence-corrected chi connectivity index (χ1v) is 7.95. The minimum Gasteiger partial charge on any atom is -0.508 e. The number of aromatic hydroxyl groups is 1. The molecule has 1 saturated carbocycles. The summed E-state index contributed by atoms with van der Waals surface area (Å²) in [5, 5.41) is 19.8. The quantitative estimate of drug-likeness (QED) is 0.879. The Balaban J connectivity index is 1.78. The van der Waals surface area contributed by atoms with Gasteiger partial charge in [0.1, 0.15) is 5.75 Å². The van der Waals surface area contributed by atoms with E-state index in [1.807, 2.05) is 4.90 Å². The van der Waals surface area contributed by atoms with Crippen LogP contribution in [0, 0.1) is 5.92 Å². The lowest BCUT2D eigenvalue weighted by Crippen LogP contribution is -2.45. The van der Waals surface area contributed by atoms with Gasteiger partial charge in [0.25, 0.3) is 5.91 Å². The molecule has 21 heavy (non-hydrogen) atoms. The van der Waals surface area contributed by atoms with Gasteiger partial charge in [-0.05, 0) is 43.9 Å². The number of nitrogens with zero attached hydrogens (tertiary/aromatic N) is 1. The minimum atomic E-state index is -0.277. The summed E-state index contributed by atoms with van der Waals surface area (Å²) in [5.74, 6) is 0.308. The molecule has 2 aliphatic rings. The molecule has 3 unspecified atom stereocenters. The monoisotopic (exact) mass is 289 g/mol. The zero-order chi connectivity index (χ0) is 14.8. The van der Waals surface area contributed by atoms with Crippen molar-refractivity contribution in [2.45, 2.75) is 50.7 Å². The molecular weight excluding hydrogens is 266 g/mol. The van der Waals surface area contributed by atoms with Gasteiger partial charge in [0, 0.05) is 24.1 Å². The largest absolute Gasteiger partial charge is 0.508 e. The van der Waals surface area contributed by atoms with Crippen molar-refractivity contribution < 1.29 is 15.0 Å². The fourth-order valence-electron chi connectivity index (χ4n) is 3.88. The number of aliphatic hydroxyl groups is 1. The van der Waals surface area contributed by atoms with E-state index in [1.54, 1.807) is 18.2 Å². The highest BCUT2D eigenvalue weighted by atomic mass is 16.3. The van der Waals surface area contributed by atoms with Crippen molar-refractivity contribution in [1.82, 2.24) is 4.90 Å². The molecule has 2 N–H and O–H groups in total. The molecule has 1 aromatic rings. The van der Waals surface area contributed by atoms with Crippen LogP contribution in [0.25, 0.3) is 0 Å². The van der Waals surface area contributed by atoms with E-state index in [-0.39, 0.29) is 29.7 Å². The molecule has 3 rings (SSSR count). The van der Waals surface area contributed by atoms with Crippen molar-refractivity contribution in [3.05, 3.63) is 29.8 Å². The molecule has 1 aromatic carbocycles. The van der Waals surface area contributed by atoms with Crippen molar-refractivity contribution in [2.75, 3.05) is 6.54 Å². The first-order valence-electron chi connectivity index (χ1n) is 7.95. The molecule has 4 heteroatoms. The number of rotatable bonds is 2. The van der Waals surface area contributed by atoms with Crippen LogP contribution in [0.1, 0.15) is 48.9 Å². The molecule has 4 nitrogen and oxygen atoms in total. The summed E-state index contributed by atoms with van der Waals surface area (Å²) in [6, 6.07) is 6.69. The lowest BCUT2D eigenvalue weighted by molar-refractivity contribution is 0.0211. The molecule has 0 radical (unpaired) electrons. The van der Waals surface area contributed by atoms with Crippen molar-refractivity contribution in [2.24, 2.45) is 5.92 Å². The number of carbonyl (C=O) groups is 1. The van der Waals surface area contributed by atoms with Crippen LogP contribution in [0.2, 0.25) is 0 Å². The summed E-state index contributed by atoms with van der Waals surface area (Å²) in [6.45, 7) is 0.752. The molecule has 2 fully saturated rings. The number of phenolic OH excluding ortho intramolecular Hbond substituents is 1. The van der Waals surface area contributed by atoms with Crippen LogP contribution in [0.15, 0.2) is 24.3 Å². The van der Waals surface area contributed by atoms with Gasteiger partial charge in [-0.3, -0.25) is 4.79 Å². The lowest BCUT2D eigenvalue weighted by Gasteiger charge is -2.37. The van der Waals surface area contributed by atoms with E-state index < -0.39 is 0 Å². The maximum Gasteiger partial charge on any atom is 0.254 e. The molecule has 0 aromatic heterocycles. The van der Waals surface area contributed by atoms with E-state index in [9.17, 15) is 15.0 Å². The van der Waals surface area contributed by atoms with Crippen LogP contribution in [0.5, 0.6) is 5.75 Å². The smallest absolute Gasteiger partial charge is 0.254 e. The average molecular weight is 289 g/mol. The number of likely N-dealkylation sites (tertiary alicyclic amines) is 1. The zero-order valence-electron chi connectivity index (χ0n) is 12.2. The van der Waals surface area contributed by atoms with Gasteiger partial charge in [0.15, 0.2) is 0 Å². The second-order valence-corrected chi connectivity index (χ2v) is 6.27. The van der Waals surface area contributed by atoms with Gasteiger partial charge in [0.2, 0.25) is 0 Å². The van der Waals surface area contributed by atoms with Gasteiger partial charge < -0.3 is 15.1 Å². The first-order chi connectivity index (χ1) is 10.2. The molecule has 0 spiro atoms. The Bertz CT molecular complexity index is 517. The maximum absolute atomic E-state index is 12.7.